The summed E-state index contributed by atoms with van der Waals surface area (Å²) in [5.74, 6) is 0.00735. The molecule has 1 fully saturated rings. The normalized spacial score (nSPS) is 17.0. The molecule has 2 aliphatic heterocycles. The van der Waals surface area contributed by atoms with Gasteiger partial charge in [-0.25, -0.2) is 4.98 Å². The number of anilines is 1. The van der Waals surface area contributed by atoms with Crippen LogP contribution in [0.4, 0.5) is 5.69 Å². The number of piperazine rings is 1. The van der Waals surface area contributed by atoms with Gasteiger partial charge >= 0.3 is 0 Å². The second kappa shape index (κ2) is 8.78. The minimum atomic E-state index is -0.0505. The zero-order chi connectivity index (χ0) is 21.3. The molecule has 2 aliphatic rings. The number of rotatable bonds is 4. The Labute approximate surface area is 182 Å². The molecule has 0 unspecified atom stereocenters. The number of carbonyl (C=O) groups is 2. The van der Waals surface area contributed by atoms with Crippen LogP contribution in [-0.4, -0.2) is 65.4 Å². The summed E-state index contributed by atoms with van der Waals surface area (Å²) in [4.78, 5) is 37.8. The van der Waals surface area contributed by atoms with Crippen molar-refractivity contribution in [2.24, 2.45) is 0 Å². The lowest BCUT2D eigenvalue weighted by Crippen LogP contribution is -2.48. The third-order valence-corrected chi connectivity index (χ3v) is 6.67. The van der Waals surface area contributed by atoms with Gasteiger partial charge in [-0.2, -0.15) is 0 Å². The first-order valence-electron chi connectivity index (χ1n) is 10.6. The van der Waals surface area contributed by atoms with Crippen molar-refractivity contribution in [3.8, 4) is 0 Å². The molecule has 7 heteroatoms. The molecule has 0 bridgehead atoms. The number of amides is 2. The maximum atomic E-state index is 13.2. The van der Waals surface area contributed by atoms with Gasteiger partial charge in [0.25, 0.3) is 11.8 Å². The fourth-order valence-electron chi connectivity index (χ4n) is 4.09. The van der Waals surface area contributed by atoms with Crippen LogP contribution < -0.4 is 4.90 Å². The number of benzene rings is 1. The van der Waals surface area contributed by atoms with Crippen molar-refractivity contribution in [3.05, 3.63) is 47.7 Å². The molecule has 0 aliphatic carbocycles. The maximum Gasteiger partial charge on any atom is 0.261 e. The fraction of sp³-hybridized carbons (Fsp3) is 0.435. The molecule has 1 saturated heterocycles. The maximum absolute atomic E-state index is 13.2. The van der Waals surface area contributed by atoms with Crippen molar-refractivity contribution < 1.29 is 9.59 Å². The molecule has 6 nitrogen and oxygen atoms in total. The molecule has 2 aromatic rings. The van der Waals surface area contributed by atoms with E-state index in [4.69, 9.17) is 0 Å². The van der Waals surface area contributed by atoms with Gasteiger partial charge in [-0.3, -0.25) is 14.5 Å². The van der Waals surface area contributed by atoms with Gasteiger partial charge in [-0.05, 0) is 57.1 Å². The monoisotopic (exact) mass is 424 g/mol. The largest absolute Gasteiger partial charge is 0.336 e. The molecule has 0 spiro atoms. The predicted octanol–water partition coefficient (Wildman–Crippen LogP) is 3.77. The number of fused-ring (bicyclic) bond motifs is 2. The Morgan fingerprint density at radius 3 is 2.63 bits per heavy atom. The summed E-state index contributed by atoms with van der Waals surface area (Å²) in [6.07, 6.45) is 2.84. The number of hydrogen-bond donors (Lipinski definition) is 0. The number of nitrogens with zero attached hydrogens (tertiary/aromatic N) is 4. The molecule has 4 rings (SSSR count). The number of hydrogen-bond acceptors (Lipinski definition) is 5. The quantitative estimate of drug-likeness (QED) is 0.748. The zero-order valence-electron chi connectivity index (χ0n) is 17.8. The van der Waals surface area contributed by atoms with E-state index in [0.717, 1.165) is 49.7 Å². The molecule has 0 N–H and O–H groups in total. The van der Waals surface area contributed by atoms with E-state index in [0.29, 0.717) is 16.2 Å². The van der Waals surface area contributed by atoms with Gasteiger partial charge in [0.2, 0.25) is 0 Å². The van der Waals surface area contributed by atoms with Crippen molar-refractivity contribution in [1.29, 1.82) is 0 Å². The highest BCUT2D eigenvalue weighted by Crippen LogP contribution is 2.41. The average molecular weight is 425 g/mol. The van der Waals surface area contributed by atoms with Crippen LogP contribution in [0.25, 0.3) is 0 Å². The molecule has 1 aromatic heterocycles. The van der Waals surface area contributed by atoms with Gasteiger partial charge in [0, 0.05) is 48.9 Å². The molecule has 0 saturated carbocycles. The molecule has 1 aromatic carbocycles. The minimum absolute atomic E-state index is 0.00352. The Morgan fingerprint density at radius 2 is 1.93 bits per heavy atom. The first kappa shape index (κ1) is 20.9. The molecule has 2 amide bonds. The van der Waals surface area contributed by atoms with Crippen molar-refractivity contribution in [3.63, 3.8) is 0 Å². The van der Waals surface area contributed by atoms with Gasteiger partial charge in [-0.1, -0.05) is 18.7 Å². The average Bonchev–Trinajstić information content (AvgIpc) is 2.87. The minimum Gasteiger partial charge on any atom is -0.336 e. The third-order valence-electron chi connectivity index (χ3n) is 5.61. The van der Waals surface area contributed by atoms with Crippen LogP contribution in [0, 0.1) is 0 Å². The van der Waals surface area contributed by atoms with E-state index < -0.39 is 0 Å². The number of aromatic nitrogens is 1. The first-order valence-corrected chi connectivity index (χ1v) is 11.4. The lowest BCUT2D eigenvalue weighted by molar-refractivity contribution is 0.0637. The molecule has 30 heavy (non-hydrogen) atoms. The van der Waals surface area contributed by atoms with Gasteiger partial charge < -0.3 is 9.80 Å². The van der Waals surface area contributed by atoms with Crippen LogP contribution >= 0.6 is 11.8 Å². The van der Waals surface area contributed by atoms with Crippen molar-refractivity contribution in [1.82, 2.24) is 14.8 Å². The predicted molar refractivity (Wildman–Crippen MR) is 119 cm³/mol. The van der Waals surface area contributed by atoms with Crippen LogP contribution in [0.2, 0.25) is 0 Å². The van der Waals surface area contributed by atoms with Crippen molar-refractivity contribution in [2.75, 3.05) is 37.6 Å². The number of carbonyl (C=O) groups excluding carboxylic acids is 2. The summed E-state index contributed by atoms with van der Waals surface area (Å²) in [5, 5.41) is 0.685. The van der Waals surface area contributed by atoms with Crippen molar-refractivity contribution >= 4 is 29.3 Å². The Balaban J connectivity index is 1.64. The van der Waals surface area contributed by atoms with Crippen LogP contribution in [0.5, 0.6) is 0 Å². The van der Waals surface area contributed by atoms with E-state index in [1.807, 2.05) is 43.0 Å². The van der Waals surface area contributed by atoms with Gasteiger partial charge in [0.1, 0.15) is 5.03 Å². The smallest absolute Gasteiger partial charge is 0.261 e. The first-order chi connectivity index (χ1) is 14.5. The van der Waals surface area contributed by atoms with E-state index in [1.54, 1.807) is 17.2 Å². The lowest BCUT2D eigenvalue weighted by Gasteiger charge is -2.34. The summed E-state index contributed by atoms with van der Waals surface area (Å²) in [6, 6.07) is 9.29. The zero-order valence-corrected chi connectivity index (χ0v) is 18.6. The molecular weight excluding hydrogens is 396 g/mol. The second-order valence-electron chi connectivity index (χ2n) is 8.04. The Bertz CT molecular complexity index is 954. The van der Waals surface area contributed by atoms with E-state index in [9.17, 15) is 9.59 Å². The number of pyridine rings is 1. The van der Waals surface area contributed by atoms with Crippen LogP contribution in [-0.2, 0) is 0 Å². The molecule has 3 heterocycles. The molecule has 158 valence electrons. The van der Waals surface area contributed by atoms with Gasteiger partial charge in [-0.15, -0.1) is 0 Å². The van der Waals surface area contributed by atoms with Gasteiger partial charge in [0.15, 0.2) is 0 Å². The summed E-state index contributed by atoms with van der Waals surface area (Å²) < 4.78 is 0. The van der Waals surface area contributed by atoms with E-state index >= 15 is 0 Å². The topological polar surface area (TPSA) is 56.8 Å². The van der Waals surface area contributed by atoms with E-state index in [1.165, 1.54) is 11.8 Å². The van der Waals surface area contributed by atoms with Crippen LogP contribution in [0.15, 0.2) is 46.5 Å². The Hall–Kier alpha value is -2.38. The summed E-state index contributed by atoms with van der Waals surface area (Å²) in [7, 11) is 0. The van der Waals surface area contributed by atoms with Crippen LogP contribution in [0.1, 0.15) is 47.9 Å². The van der Waals surface area contributed by atoms with E-state index in [2.05, 4.69) is 16.8 Å². The molecular formula is C23H28N4O2S. The molecule has 0 atom stereocenters. The fourth-order valence-corrected chi connectivity index (χ4v) is 5.14. The summed E-state index contributed by atoms with van der Waals surface area (Å²) >= 11 is 1.46. The SMILES string of the molecule is CCCN1CCN(C(=O)c2ccc3c(c2)Sc2ncccc2C(=O)N3C(C)C)CC1. The van der Waals surface area contributed by atoms with E-state index in [-0.39, 0.29) is 17.9 Å². The highest BCUT2D eigenvalue weighted by molar-refractivity contribution is 7.99. The van der Waals surface area contributed by atoms with Crippen LogP contribution in [0.3, 0.4) is 0 Å². The Kier molecular flexibility index (Phi) is 6.11. The highest BCUT2D eigenvalue weighted by atomic mass is 32.2. The Morgan fingerprint density at radius 1 is 1.17 bits per heavy atom. The lowest BCUT2D eigenvalue weighted by atomic mass is 10.1. The molecule has 0 radical (unpaired) electrons. The van der Waals surface area contributed by atoms with Crippen molar-refractivity contribution in [2.45, 2.75) is 43.2 Å². The van der Waals surface area contributed by atoms with Gasteiger partial charge in [0.05, 0.1) is 11.3 Å². The third kappa shape index (κ3) is 3.96. The standard InChI is InChI=1S/C23H28N4O2S/c1-4-10-25-11-13-26(14-12-25)22(28)17-7-8-19-20(15-17)30-21-18(6-5-9-24-21)23(29)27(19)16(2)3/h5-9,15-16H,4,10-14H2,1-3H3. The highest BCUT2D eigenvalue weighted by Gasteiger charge is 2.31. The second-order valence-corrected chi connectivity index (χ2v) is 9.07. The summed E-state index contributed by atoms with van der Waals surface area (Å²) in [6.45, 7) is 10.6. The summed E-state index contributed by atoms with van der Waals surface area (Å²) in [5.41, 5.74) is 2.11.